The molecule has 0 spiro atoms. The number of benzene rings is 1. The van der Waals surface area contributed by atoms with Crippen LogP contribution in [0.4, 0.5) is 0 Å². The van der Waals surface area contributed by atoms with Gasteiger partial charge in [-0.3, -0.25) is 23.5 Å². The number of nitrogens with one attached hydrogen (secondary N) is 1. The minimum atomic E-state index is -0.524. The second-order valence-electron chi connectivity index (χ2n) is 7.66. The van der Waals surface area contributed by atoms with Gasteiger partial charge in [0.25, 0.3) is 5.56 Å². The molecule has 2 aromatic rings. The molecule has 0 saturated carbocycles. The van der Waals surface area contributed by atoms with Crippen molar-refractivity contribution in [2.45, 2.75) is 44.7 Å². The lowest BCUT2D eigenvalue weighted by Crippen LogP contribution is -2.49. The fraction of sp³-hybridized carbons (Fsp3) is 0.455. The van der Waals surface area contributed by atoms with Crippen LogP contribution in [0.1, 0.15) is 37.7 Å². The average Bonchev–Trinajstić information content (AvgIpc) is 2.76. The zero-order valence-corrected chi connectivity index (χ0v) is 17.4. The van der Waals surface area contributed by atoms with Gasteiger partial charge in [0.05, 0.1) is 5.92 Å². The maximum absolute atomic E-state index is 13.0. The predicted octanol–water partition coefficient (Wildman–Crippen LogP) is 0.848. The molecule has 8 nitrogen and oxygen atoms in total. The third kappa shape index (κ3) is 4.87. The van der Waals surface area contributed by atoms with Gasteiger partial charge in [0, 0.05) is 38.4 Å². The number of piperidine rings is 1. The van der Waals surface area contributed by atoms with E-state index in [1.165, 1.54) is 23.9 Å². The molecule has 2 heterocycles. The van der Waals surface area contributed by atoms with E-state index in [9.17, 15) is 19.2 Å². The fourth-order valence-electron chi connectivity index (χ4n) is 3.87. The summed E-state index contributed by atoms with van der Waals surface area (Å²) in [7, 11) is 1.38. The van der Waals surface area contributed by atoms with Crippen LogP contribution < -0.4 is 16.6 Å². The third-order valence-corrected chi connectivity index (χ3v) is 5.65. The van der Waals surface area contributed by atoms with Crippen molar-refractivity contribution in [2.24, 2.45) is 7.05 Å². The summed E-state index contributed by atoms with van der Waals surface area (Å²) in [6.45, 7) is 3.06. The standard InChI is InChI=1S/C22H28N4O4/c1-3-18(16-7-5-4-6-8-16)21(29)25-12-9-17(10-13-25)23-19(27)15-26-14-11-20(28)24(2)22(26)30/h4-8,11,14,17-18H,3,9-10,12-13,15H2,1-2H3,(H,23,27). The van der Waals surface area contributed by atoms with Crippen molar-refractivity contribution in [2.75, 3.05) is 13.1 Å². The van der Waals surface area contributed by atoms with Crippen molar-refractivity contribution in [3.63, 3.8) is 0 Å². The quantitative estimate of drug-likeness (QED) is 0.761. The Morgan fingerprint density at radius 2 is 1.77 bits per heavy atom. The highest BCUT2D eigenvalue weighted by molar-refractivity contribution is 5.84. The number of nitrogens with zero attached hydrogens (tertiary/aromatic N) is 3. The van der Waals surface area contributed by atoms with Crippen molar-refractivity contribution in [1.82, 2.24) is 19.4 Å². The molecular weight excluding hydrogens is 384 g/mol. The van der Waals surface area contributed by atoms with Crippen LogP contribution >= 0.6 is 0 Å². The van der Waals surface area contributed by atoms with E-state index >= 15 is 0 Å². The zero-order valence-electron chi connectivity index (χ0n) is 17.4. The first-order valence-corrected chi connectivity index (χ1v) is 10.3. The summed E-state index contributed by atoms with van der Waals surface area (Å²) in [6, 6.07) is 11.0. The van der Waals surface area contributed by atoms with Crippen molar-refractivity contribution < 1.29 is 9.59 Å². The minimum absolute atomic E-state index is 0.0402. The molecule has 3 rings (SSSR count). The van der Waals surface area contributed by atoms with Gasteiger partial charge in [-0.15, -0.1) is 0 Å². The summed E-state index contributed by atoms with van der Waals surface area (Å²) in [5.41, 5.74) is 0.0994. The van der Waals surface area contributed by atoms with Gasteiger partial charge in [0.2, 0.25) is 11.8 Å². The summed E-state index contributed by atoms with van der Waals surface area (Å²) >= 11 is 0. The Hall–Kier alpha value is -3.16. The number of amides is 2. The lowest BCUT2D eigenvalue weighted by atomic mass is 9.93. The van der Waals surface area contributed by atoms with Gasteiger partial charge in [0.1, 0.15) is 6.54 Å². The van der Waals surface area contributed by atoms with Crippen molar-refractivity contribution in [1.29, 1.82) is 0 Å². The lowest BCUT2D eigenvalue weighted by molar-refractivity contribution is -0.134. The number of aromatic nitrogens is 2. The monoisotopic (exact) mass is 412 g/mol. The number of carbonyl (C=O) groups is 2. The summed E-state index contributed by atoms with van der Waals surface area (Å²) < 4.78 is 2.18. The average molecular weight is 412 g/mol. The largest absolute Gasteiger partial charge is 0.352 e. The van der Waals surface area contributed by atoms with Crippen LogP contribution in [-0.4, -0.2) is 45.0 Å². The number of hydrogen-bond acceptors (Lipinski definition) is 4. The molecule has 0 aliphatic carbocycles. The van der Waals surface area contributed by atoms with E-state index in [0.29, 0.717) is 25.9 Å². The van der Waals surface area contributed by atoms with Gasteiger partial charge in [0.15, 0.2) is 0 Å². The maximum atomic E-state index is 13.0. The van der Waals surface area contributed by atoms with Gasteiger partial charge in [-0.25, -0.2) is 4.79 Å². The highest BCUT2D eigenvalue weighted by Gasteiger charge is 2.28. The molecule has 30 heavy (non-hydrogen) atoms. The van der Waals surface area contributed by atoms with Gasteiger partial charge >= 0.3 is 5.69 Å². The summed E-state index contributed by atoms with van der Waals surface area (Å²) in [6.07, 6.45) is 3.42. The van der Waals surface area contributed by atoms with Gasteiger partial charge < -0.3 is 10.2 Å². The van der Waals surface area contributed by atoms with E-state index < -0.39 is 11.2 Å². The van der Waals surface area contributed by atoms with E-state index in [0.717, 1.165) is 16.6 Å². The SMILES string of the molecule is CCC(C(=O)N1CCC(NC(=O)Cn2ccc(=O)n(C)c2=O)CC1)c1ccccc1. The van der Waals surface area contributed by atoms with Crippen LogP contribution in [0.5, 0.6) is 0 Å². The molecule has 1 aliphatic rings. The van der Waals surface area contributed by atoms with Crippen LogP contribution in [0.3, 0.4) is 0 Å². The molecule has 1 unspecified atom stereocenters. The summed E-state index contributed by atoms with van der Waals surface area (Å²) in [5.74, 6) is -0.296. The third-order valence-electron chi connectivity index (χ3n) is 5.65. The van der Waals surface area contributed by atoms with E-state index in [1.54, 1.807) is 0 Å². The molecule has 1 aromatic carbocycles. The number of likely N-dealkylation sites (tertiary alicyclic amines) is 1. The van der Waals surface area contributed by atoms with Crippen molar-refractivity contribution >= 4 is 11.8 Å². The molecule has 2 amide bonds. The zero-order chi connectivity index (χ0) is 21.7. The molecule has 1 aliphatic heterocycles. The smallest absolute Gasteiger partial charge is 0.331 e. The Morgan fingerprint density at radius 3 is 2.40 bits per heavy atom. The molecule has 160 valence electrons. The van der Waals surface area contributed by atoms with E-state index in [2.05, 4.69) is 5.32 Å². The Bertz CT molecular complexity index is 1000. The lowest BCUT2D eigenvalue weighted by Gasteiger charge is -2.34. The van der Waals surface area contributed by atoms with Crippen LogP contribution in [0, 0.1) is 0 Å². The summed E-state index contributed by atoms with van der Waals surface area (Å²) in [4.78, 5) is 50.7. The molecule has 1 aromatic heterocycles. The van der Waals surface area contributed by atoms with Gasteiger partial charge in [-0.2, -0.15) is 0 Å². The summed E-state index contributed by atoms with van der Waals surface area (Å²) in [5, 5.41) is 2.94. The molecule has 1 fully saturated rings. The van der Waals surface area contributed by atoms with Crippen molar-refractivity contribution in [3.05, 3.63) is 69.0 Å². The molecule has 0 radical (unpaired) electrons. The molecular formula is C22H28N4O4. The van der Waals surface area contributed by atoms with Crippen LogP contribution in [0.25, 0.3) is 0 Å². The Balaban J connectivity index is 1.53. The predicted molar refractivity (Wildman–Crippen MR) is 113 cm³/mol. The first kappa shape index (κ1) is 21.5. The van der Waals surface area contributed by atoms with E-state index in [4.69, 9.17) is 0 Å². The molecule has 8 heteroatoms. The highest BCUT2D eigenvalue weighted by Crippen LogP contribution is 2.24. The molecule has 0 bridgehead atoms. The molecule has 1 N–H and O–H groups in total. The molecule has 1 saturated heterocycles. The number of carbonyl (C=O) groups excluding carboxylic acids is 2. The Labute approximate surface area is 175 Å². The molecule has 1 atom stereocenters. The van der Waals surface area contributed by atoms with Crippen LogP contribution in [0.15, 0.2) is 52.2 Å². The van der Waals surface area contributed by atoms with E-state index in [1.807, 2.05) is 42.2 Å². The van der Waals surface area contributed by atoms with Crippen LogP contribution in [-0.2, 0) is 23.2 Å². The second kappa shape index (κ2) is 9.56. The minimum Gasteiger partial charge on any atom is -0.352 e. The Kier molecular flexibility index (Phi) is 6.87. The Morgan fingerprint density at radius 1 is 1.10 bits per heavy atom. The first-order valence-electron chi connectivity index (χ1n) is 10.3. The first-order chi connectivity index (χ1) is 14.4. The van der Waals surface area contributed by atoms with Crippen LogP contribution in [0.2, 0.25) is 0 Å². The van der Waals surface area contributed by atoms with Gasteiger partial charge in [-0.1, -0.05) is 37.3 Å². The second-order valence-corrected chi connectivity index (χ2v) is 7.66. The number of hydrogen-bond donors (Lipinski definition) is 1. The number of rotatable bonds is 6. The van der Waals surface area contributed by atoms with E-state index in [-0.39, 0.29) is 30.3 Å². The fourth-order valence-corrected chi connectivity index (χ4v) is 3.87. The normalized spacial score (nSPS) is 15.6. The topological polar surface area (TPSA) is 93.4 Å². The van der Waals surface area contributed by atoms with Gasteiger partial charge in [-0.05, 0) is 24.8 Å². The van der Waals surface area contributed by atoms with Crippen molar-refractivity contribution in [3.8, 4) is 0 Å². The maximum Gasteiger partial charge on any atom is 0.331 e. The highest BCUT2D eigenvalue weighted by atomic mass is 16.2.